The Morgan fingerprint density at radius 2 is 2.06 bits per heavy atom. The summed E-state index contributed by atoms with van der Waals surface area (Å²) in [5.74, 6) is 0. The Morgan fingerprint density at radius 1 is 1.39 bits per heavy atom. The molecule has 0 aromatic carbocycles. The van der Waals surface area contributed by atoms with Crippen molar-refractivity contribution in [3.63, 3.8) is 0 Å². The molecule has 1 aliphatic rings. The third-order valence-electron chi connectivity index (χ3n) is 4.48. The minimum Gasteiger partial charge on any atom is -0.317 e. The first-order chi connectivity index (χ1) is 8.61. The Labute approximate surface area is 110 Å². The van der Waals surface area contributed by atoms with Crippen LogP contribution in [0.5, 0.6) is 0 Å². The molecular weight excluding hydrogens is 224 g/mol. The van der Waals surface area contributed by atoms with Crippen molar-refractivity contribution >= 4 is 0 Å². The Morgan fingerprint density at radius 3 is 2.56 bits per heavy atom. The van der Waals surface area contributed by atoms with Gasteiger partial charge in [0, 0.05) is 36.9 Å². The molecule has 0 bridgehead atoms. The van der Waals surface area contributed by atoms with Crippen molar-refractivity contribution in [3.05, 3.63) is 17.5 Å². The van der Waals surface area contributed by atoms with Crippen LogP contribution in [0.25, 0.3) is 0 Å². The minimum absolute atomic E-state index is 0.731. The molecule has 0 spiro atoms. The molecule has 0 aliphatic heterocycles. The number of hydrogen-bond donors (Lipinski definition) is 1. The Kier molecular flexibility index (Phi) is 4.40. The smallest absolute Gasteiger partial charge is 0.0537 e. The van der Waals surface area contributed by atoms with Crippen LogP contribution in [-0.4, -0.2) is 40.9 Å². The van der Waals surface area contributed by atoms with E-state index in [2.05, 4.69) is 36.3 Å². The van der Waals surface area contributed by atoms with Gasteiger partial charge in [0.2, 0.25) is 0 Å². The molecule has 0 amide bonds. The van der Waals surface area contributed by atoms with E-state index in [-0.39, 0.29) is 0 Å². The van der Waals surface area contributed by atoms with E-state index < -0.39 is 0 Å². The summed E-state index contributed by atoms with van der Waals surface area (Å²) in [6.07, 6.45) is 7.22. The molecule has 1 N–H and O–H groups in total. The predicted octanol–water partition coefficient (Wildman–Crippen LogP) is 1.69. The number of aromatic nitrogens is 2. The number of aryl methyl sites for hydroxylation is 1. The molecule has 4 heteroatoms. The molecule has 4 nitrogen and oxygen atoms in total. The van der Waals surface area contributed by atoms with Crippen molar-refractivity contribution in [2.75, 3.05) is 14.1 Å². The number of nitrogens with zero attached hydrogens (tertiary/aromatic N) is 3. The second-order valence-corrected chi connectivity index (χ2v) is 5.59. The fourth-order valence-corrected chi connectivity index (χ4v) is 2.90. The standard InChI is InChI=1S/C14H26N4/c1-11-12(9-16-18(11)4)10-17(3)14-7-5-13(15-2)6-8-14/h9,13-15H,5-8,10H2,1-4H3. The van der Waals surface area contributed by atoms with Gasteiger partial charge in [-0.25, -0.2) is 0 Å². The third-order valence-corrected chi connectivity index (χ3v) is 4.48. The summed E-state index contributed by atoms with van der Waals surface area (Å²) >= 11 is 0. The zero-order valence-corrected chi connectivity index (χ0v) is 12.1. The van der Waals surface area contributed by atoms with Gasteiger partial charge in [0.15, 0.2) is 0 Å². The first-order valence-corrected chi connectivity index (χ1v) is 6.96. The number of hydrogen-bond acceptors (Lipinski definition) is 3. The number of nitrogens with one attached hydrogen (secondary N) is 1. The lowest BCUT2D eigenvalue weighted by molar-refractivity contribution is 0.169. The van der Waals surface area contributed by atoms with Gasteiger partial charge >= 0.3 is 0 Å². The van der Waals surface area contributed by atoms with Crippen molar-refractivity contribution in [1.82, 2.24) is 20.0 Å². The highest BCUT2D eigenvalue weighted by Gasteiger charge is 2.23. The fourth-order valence-electron chi connectivity index (χ4n) is 2.90. The fraction of sp³-hybridized carbons (Fsp3) is 0.786. The van der Waals surface area contributed by atoms with Crippen molar-refractivity contribution in [2.24, 2.45) is 7.05 Å². The summed E-state index contributed by atoms with van der Waals surface area (Å²) in [6, 6.07) is 1.46. The molecule has 1 aromatic rings. The van der Waals surface area contributed by atoms with E-state index in [1.54, 1.807) is 0 Å². The highest BCUT2D eigenvalue weighted by molar-refractivity contribution is 5.15. The molecule has 1 fully saturated rings. The summed E-state index contributed by atoms with van der Waals surface area (Å²) in [6.45, 7) is 3.17. The average Bonchev–Trinajstić information content (AvgIpc) is 2.71. The molecule has 18 heavy (non-hydrogen) atoms. The van der Waals surface area contributed by atoms with Crippen LogP contribution in [0.1, 0.15) is 36.9 Å². The van der Waals surface area contributed by atoms with E-state index >= 15 is 0 Å². The van der Waals surface area contributed by atoms with E-state index in [9.17, 15) is 0 Å². The normalized spacial score (nSPS) is 24.7. The minimum atomic E-state index is 0.731. The van der Waals surface area contributed by atoms with Crippen molar-refractivity contribution in [1.29, 1.82) is 0 Å². The van der Waals surface area contributed by atoms with Gasteiger partial charge in [0.25, 0.3) is 0 Å². The lowest BCUT2D eigenvalue weighted by Gasteiger charge is -2.34. The maximum atomic E-state index is 4.32. The molecule has 1 aliphatic carbocycles. The molecule has 2 rings (SSSR count). The average molecular weight is 250 g/mol. The van der Waals surface area contributed by atoms with E-state index in [0.717, 1.165) is 18.6 Å². The monoisotopic (exact) mass is 250 g/mol. The van der Waals surface area contributed by atoms with Crippen LogP contribution in [0.2, 0.25) is 0 Å². The van der Waals surface area contributed by atoms with Crippen molar-refractivity contribution in [3.8, 4) is 0 Å². The zero-order valence-electron chi connectivity index (χ0n) is 12.1. The molecular formula is C14H26N4. The van der Waals surface area contributed by atoms with Crippen molar-refractivity contribution < 1.29 is 0 Å². The van der Waals surface area contributed by atoms with Crippen LogP contribution in [0.3, 0.4) is 0 Å². The Hall–Kier alpha value is -0.870. The quantitative estimate of drug-likeness (QED) is 0.883. The van der Waals surface area contributed by atoms with Gasteiger partial charge in [-0.1, -0.05) is 0 Å². The lowest BCUT2D eigenvalue weighted by Crippen LogP contribution is -2.39. The lowest BCUT2D eigenvalue weighted by atomic mass is 9.90. The molecule has 0 unspecified atom stereocenters. The first-order valence-electron chi connectivity index (χ1n) is 6.96. The van der Waals surface area contributed by atoms with Crippen LogP contribution < -0.4 is 5.32 Å². The largest absolute Gasteiger partial charge is 0.317 e. The summed E-state index contributed by atoms with van der Waals surface area (Å²) in [5.41, 5.74) is 2.64. The van der Waals surface area contributed by atoms with Gasteiger partial charge in [-0.15, -0.1) is 0 Å². The summed E-state index contributed by atoms with van der Waals surface area (Å²) in [5, 5.41) is 7.71. The van der Waals surface area contributed by atoms with E-state index in [1.165, 1.54) is 36.9 Å². The van der Waals surface area contributed by atoms with Gasteiger partial charge < -0.3 is 5.32 Å². The van der Waals surface area contributed by atoms with Gasteiger partial charge in [-0.2, -0.15) is 5.10 Å². The topological polar surface area (TPSA) is 33.1 Å². The van der Waals surface area contributed by atoms with Crippen LogP contribution in [0, 0.1) is 6.92 Å². The molecule has 0 radical (unpaired) electrons. The zero-order chi connectivity index (χ0) is 13.1. The molecule has 1 aromatic heterocycles. The van der Waals surface area contributed by atoms with E-state index in [1.807, 2.05) is 17.9 Å². The molecule has 1 heterocycles. The third kappa shape index (κ3) is 2.93. The van der Waals surface area contributed by atoms with Crippen LogP contribution >= 0.6 is 0 Å². The Bertz CT molecular complexity index is 377. The van der Waals surface area contributed by atoms with Gasteiger partial charge in [-0.3, -0.25) is 9.58 Å². The predicted molar refractivity (Wildman–Crippen MR) is 74.5 cm³/mol. The van der Waals surface area contributed by atoms with Crippen LogP contribution in [-0.2, 0) is 13.6 Å². The Balaban J connectivity index is 1.89. The molecule has 0 saturated heterocycles. The maximum Gasteiger partial charge on any atom is 0.0537 e. The van der Waals surface area contributed by atoms with Crippen LogP contribution in [0.4, 0.5) is 0 Å². The molecule has 0 atom stereocenters. The second-order valence-electron chi connectivity index (χ2n) is 5.59. The second kappa shape index (κ2) is 5.85. The highest BCUT2D eigenvalue weighted by Crippen LogP contribution is 2.23. The molecule has 1 saturated carbocycles. The summed E-state index contributed by atoms with van der Waals surface area (Å²) < 4.78 is 1.96. The summed E-state index contributed by atoms with van der Waals surface area (Å²) in [4.78, 5) is 2.50. The van der Waals surface area contributed by atoms with Crippen LogP contribution in [0.15, 0.2) is 6.20 Å². The summed E-state index contributed by atoms with van der Waals surface area (Å²) in [7, 11) is 6.33. The first kappa shape index (κ1) is 13.6. The van der Waals surface area contributed by atoms with Gasteiger partial charge in [0.05, 0.1) is 6.20 Å². The molecule has 102 valence electrons. The maximum absolute atomic E-state index is 4.32. The van der Waals surface area contributed by atoms with Gasteiger partial charge in [-0.05, 0) is 46.7 Å². The van der Waals surface area contributed by atoms with Gasteiger partial charge in [0.1, 0.15) is 0 Å². The van der Waals surface area contributed by atoms with Crippen molar-refractivity contribution in [2.45, 2.75) is 51.2 Å². The highest BCUT2D eigenvalue weighted by atomic mass is 15.3. The van der Waals surface area contributed by atoms with E-state index in [4.69, 9.17) is 0 Å². The van der Waals surface area contributed by atoms with E-state index in [0.29, 0.717) is 0 Å². The SMILES string of the molecule is CNC1CCC(N(C)Cc2cnn(C)c2C)CC1. The number of rotatable bonds is 4.